The largest absolute Gasteiger partial charge is 0.494 e. The molecule has 2 heterocycles. The highest BCUT2D eigenvalue weighted by Crippen LogP contribution is 2.23. The average Bonchev–Trinajstić information content (AvgIpc) is 2.75. The molecule has 3 rings (SSSR count). The highest BCUT2D eigenvalue weighted by Gasteiger charge is 2.29. The Morgan fingerprint density at radius 1 is 1.21 bits per heavy atom. The van der Waals surface area contributed by atoms with Crippen molar-refractivity contribution in [2.75, 3.05) is 26.2 Å². The van der Waals surface area contributed by atoms with E-state index < -0.39 is 10.0 Å². The summed E-state index contributed by atoms with van der Waals surface area (Å²) in [5.41, 5.74) is 0.934. The normalized spacial score (nSPS) is 15.8. The number of nitrogens with one attached hydrogen (secondary N) is 1. The van der Waals surface area contributed by atoms with Crippen molar-refractivity contribution in [2.45, 2.75) is 31.1 Å². The lowest BCUT2D eigenvalue weighted by atomic mass is 9.98. The summed E-state index contributed by atoms with van der Waals surface area (Å²) in [6.45, 7) is 4.02. The fourth-order valence-corrected chi connectivity index (χ4v) is 4.81. The van der Waals surface area contributed by atoms with Crippen LogP contribution in [0.5, 0.6) is 5.75 Å². The van der Waals surface area contributed by atoms with Crippen molar-refractivity contribution in [3.05, 3.63) is 54.4 Å². The monoisotopic (exact) mass is 417 g/mol. The molecule has 0 spiro atoms. The number of hydrogen-bond donors (Lipinski definition) is 1. The Hall–Kier alpha value is -2.45. The molecule has 0 aliphatic carbocycles. The quantitative estimate of drug-likeness (QED) is 0.712. The van der Waals surface area contributed by atoms with Gasteiger partial charge in [0.25, 0.3) is 0 Å². The molecule has 1 aliphatic heterocycles. The number of hydrogen-bond acceptors (Lipinski definition) is 5. The van der Waals surface area contributed by atoms with Crippen LogP contribution in [0.4, 0.5) is 0 Å². The molecule has 29 heavy (non-hydrogen) atoms. The van der Waals surface area contributed by atoms with Gasteiger partial charge in [0.1, 0.15) is 10.6 Å². The molecule has 0 unspecified atom stereocenters. The van der Waals surface area contributed by atoms with Gasteiger partial charge in [0.15, 0.2) is 0 Å². The van der Waals surface area contributed by atoms with Gasteiger partial charge in [-0.1, -0.05) is 12.1 Å². The van der Waals surface area contributed by atoms with E-state index in [4.69, 9.17) is 4.74 Å². The van der Waals surface area contributed by atoms with Gasteiger partial charge in [-0.05, 0) is 55.5 Å². The van der Waals surface area contributed by atoms with Crippen LogP contribution in [-0.4, -0.2) is 49.9 Å². The first kappa shape index (κ1) is 21.3. The SMILES string of the molecule is CCOc1ccc(CC(=O)NCC2CCN(S(=O)(=O)c3cccnc3)CC2)cc1. The maximum Gasteiger partial charge on any atom is 0.244 e. The number of aromatic nitrogens is 1. The highest BCUT2D eigenvalue weighted by molar-refractivity contribution is 7.89. The fraction of sp³-hybridized carbons (Fsp3) is 0.429. The first-order chi connectivity index (χ1) is 14.0. The Kier molecular flexibility index (Phi) is 7.22. The van der Waals surface area contributed by atoms with Crippen LogP contribution in [0.1, 0.15) is 25.3 Å². The van der Waals surface area contributed by atoms with E-state index in [2.05, 4.69) is 10.3 Å². The highest BCUT2D eigenvalue weighted by atomic mass is 32.2. The minimum absolute atomic E-state index is 0.0282. The number of rotatable bonds is 8. The molecule has 1 fully saturated rings. The molecule has 0 bridgehead atoms. The summed E-state index contributed by atoms with van der Waals surface area (Å²) in [5, 5.41) is 2.98. The van der Waals surface area contributed by atoms with Gasteiger partial charge >= 0.3 is 0 Å². The number of pyridine rings is 1. The Bertz CT molecular complexity index is 893. The van der Waals surface area contributed by atoms with Crippen LogP contribution >= 0.6 is 0 Å². The predicted octanol–water partition coefficient (Wildman–Crippen LogP) is 2.24. The van der Waals surface area contributed by atoms with Crippen molar-refractivity contribution >= 4 is 15.9 Å². The summed E-state index contributed by atoms with van der Waals surface area (Å²) in [5.74, 6) is 1.05. The molecule has 8 heteroatoms. The first-order valence-electron chi connectivity index (χ1n) is 9.87. The number of nitrogens with zero attached hydrogens (tertiary/aromatic N) is 2. The molecule has 2 aromatic rings. The molecule has 1 aliphatic rings. The van der Waals surface area contributed by atoms with Gasteiger partial charge < -0.3 is 10.1 Å². The zero-order chi connectivity index (χ0) is 20.7. The number of carbonyl (C=O) groups excluding carboxylic acids is 1. The smallest absolute Gasteiger partial charge is 0.244 e. The fourth-order valence-electron chi connectivity index (χ4n) is 3.38. The maximum absolute atomic E-state index is 12.6. The van der Waals surface area contributed by atoms with E-state index in [-0.39, 0.29) is 16.7 Å². The molecule has 0 radical (unpaired) electrons. The van der Waals surface area contributed by atoms with Crippen LogP contribution in [0.25, 0.3) is 0 Å². The molecule has 1 aromatic heterocycles. The minimum atomic E-state index is -3.49. The minimum Gasteiger partial charge on any atom is -0.494 e. The number of carbonyl (C=O) groups is 1. The molecule has 0 saturated carbocycles. The second-order valence-electron chi connectivity index (χ2n) is 7.09. The van der Waals surface area contributed by atoms with E-state index in [1.165, 1.54) is 10.5 Å². The summed E-state index contributed by atoms with van der Waals surface area (Å²) in [7, 11) is -3.49. The van der Waals surface area contributed by atoms with Crippen LogP contribution in [-0.2, 0) is 21.2 Å². The van der Waals surface area contributed by atoms with Crippen LogP contribution in [0.3, 0.4) is 0 Å². The molecule has 1 saturated heterocycles. The summed E-state index contributed by atoms with van der Waals surface area (Å²) < 4.78 is 32.2. The van der Waals surface area contributed by atoms with Crippen molar-refractivity contribution in [3.63, 3.8) is 0 Å². The topological polar surface area (TPSA) is 88.6 Å². The molecule has 1 N–H and O–H groups in total. The number of sulfonamides is 1. The lowest BCUT2D eigenvalue weighted by Crippen LogP contribution is -2.41. The van der Waals surface area contributed by atoms with E-state index in [9.17, 15) is 13.2 Å². The van der Waals surface area contributed by atoms with Crippen molar-refractivity contribution in [1.82, 2.24) is 14.6 Å². The van der Waals surface area contributed by atoms with Gasteiger partial charge in [0, 0.05) is 32.0 Å². The second kappa shape index (κ2) is 9.84. The third-order valence-corrected chi connectivity index (χ3v) is 6.91. The maximum atomic E-state index is 12.6. The Morgan fingerprint density at radius 3 is 2.55 bits per heavy atom. The number of ether oxygens (including phenoxy) is 1. The van der Waals surface area contributed by atoms with Crippen LogP contribution in [0, 0.1) is 5.92 Å². The molecule has 1 aromatic carbocycles. The summed E-state index contributed by atoms with van der Waals surface area (Å²) in [6, 6.07) is 10.7. The summed E-state index contributed by atoms with van der Waals surface area (Å²) in [4.78, 5) is 16.3. The number of amides is 1. The molecular weight excluding hydrogens is 390 g/mol. The zero-order valence-corrected chi connectivity index (χ0v) is 17.4. The third-order valence-electron chi connectivity index (χ3n) is 5.03. The molecule has 7 nitrogen and oxygen atoms in total. The van der Waals surface area contributed by atoms with Crippen molar-refractivity contribution in [2.24, 2.45) is 5.92 Å². The average molecular weight is 418 g/mol. The number of piperidine rings is 1. The molecule has 156 valence electrons. The molecule has 0 atom stereocenters. The first-order valence-corrected chi connectivity index (χ1v) is 11.3. The van der Waals surface area contributed by atoms with E-state index >= 15 is 0 Å². The van der Waals surface area contributed by atoms with Crippen molar-refractivity contribution in [3.8, 4) is 5.75 Å². The van der Waals surface area contributed by atoms with Crippen molar-refractivity contribution < 1.29 is 17.9 Å². The van der Waals surface area contributed by atoms with E-state index in [0.717, 1.165) is 24.2 Å². The van der Waals surface area contributed by atoms with Crippen LogP contribution < -0.4 is 10.1 Å². The van der Waals surface area contributed by atoms with Crippen LogP contribution in [0.2, 0.25) is 0 Å². The third kappa shape index (κ3) is 5.77. The Labute approximate surface area is 172 Å². The number of benzene rings is 1. The van der Waals surface area contributed by atoms with E-state index in [1.54, 1.807) is 18.3 Å². The second-order valence-corrected chi connectivity index (χ2v) is 9.03. The lowest BCUT2D eigenvalue weighted by molar-refractivity contribution is -0.120. The Balaban J connectivity index is 1.43. The zero-order valence-electron chi connectivity index (χ0n) is 16.6. The van der Waals surface area contributed by atoms with Gasteiger partial charge in [0.05, 0.1) is 13.0 Å². The standard InChI is InChI=1S/C21H27N3O4S/c1-2-28-19-7-5-17(6-8-19)14-21(25)23-15-18-9-12-24(13-10-18)29(26,27)20-4-3-11-22-16-20/h3-8,11,16,18H,2,9-10,12-15H2,1H3,(H,23,25). The van der Waals surface area contributed by atoms with Gasteiger partial charge in [-0.2, -0.15) is 4.31 Å². The molecular formula is C21H27N3O4S. The molecule has 1 amide bonds. The van der Waals surface area contributed by atoms with Gasteiger partial charge in [-0.15, -0.1) is 0 Å². The summed E-state index contributed by atoms with van der Waals surface area (Å²) >= 11 is 0. The van der Waals surface area contributed by atoms with Gasteiger partial charge in [-0.3, -0.25) is 9.78 Å². The van der Waals surface area contributed by atoms with E-state index in [0.29, 0.717) is 32.7 Å². The van der Waals surface area contributed by atoms with Crippen molar-refractivity contribution in [1.29, 1.82) is 0 Å². The lowest BCUT2D eigenvalue weighted by Gasteiger charge is -2.31. The van der Waals surface area contributed by atoms with Crippen LogP contribution in [0.15, 0.2) is 53.7 Å². The summed E-state index contributed by atoms with van der Waals surface area (Å²) in [6.07, 6.45) is 4.70. The van der Waals surface area contributed by atoms with Gasteiger partial charge in [0.2, 0.25) is 15.9 Å². The Morgan fingerprint density at radius 2 is 1.93 bits per heavy atom. The predicted molar refractivity (Wildman–Crippen MR) is 110 cm³/mol. The van der Waals surface area contributed by atoms with E-state index in [1.807, 2.05) is 31.2 Å². The van der Waals surface area contributed by atoms with Gasteiger partial charge in [-0.25, -0.2) is 8.42 Å².